The maximum Gasteiger partial charge on any atom is 0.288 e. The second-order valence-electron chi connectivity index (χ2n) is 3.95. The summed E-state index contributed by atoms with van der Waals surface area (Å²) in [5, 5.41) is 1.07. The van der Waals surface area contributed by atoms with Crippen molar-refractivity contribution in [1.82, 2.24) is 5.43 Å². The molecule has 0 bridgehead atoms. The van der Waals surface area contributed by atoms with E-state index < -0.39 is 0 Å². The molecule has 0 aliphatic carbocycles. The lowest BCUT2D eigenvalue weighted by molar-refractivity contribution is -0.943. The van der Waals surface area contributed by atoms with E-state index in [2.05, 4.69) is 5.43 Å². The van der Waals surface area contributed by atoms with Crippen LogP contribution in [-0.2, 0) is 9.53 Å². The highest BCUT2D eigenvalue weighted by Crippen LogP contribution is 1.99. The molecule has 18 heavy (non-hydrogen) atoms. The van der Waals surface area contributed by atoms with Crippen LogP contribution in [0.25, 0.3) is 6.08 Å². The van der Waals surface area contributed by atoms with Gasteiger partial charge in [0.15, 0.2) is 0 Å². The predicted molar refractivity (Wildman–Crippen MR) is 65.1 cm³/mol. The largest absolute Gasteiger partial charge is 1.00 e. The minimum atomic E-state index is -0.0641. The first kappa shape index (κ1) is 14.7. The minimum Gasteiger partial charge on any atom is -1.00 e. The third-order valence-corrected chi connectivity index (χ3v) is 2.62. The maximum atomic E-state index is 11.6. The third-order valence-electron chi connectivity index (χ3n) is 2.62. The highest BCUT2D eigenvalue weighted by Gasteiger charge is 2.14. The first-order chi connectivity index (χ1) is 8.34. The molecule has 1 aromatic rings. The number of hydrogen-bond donors (Lipinski definition) is 2. The molecule has 4 nitrogen and oxygen atoms in total. The van der Waals surface area contributed by atoms with Gasteiger partial charge in [0.05, 0.1) is 13.2 Å². The van der Waals surface area contributed by atoms with E-state index in [0.717, 1.165) is 23.7 Å². The zero-order chi connectivity index (χ0) is 11.9. The fraction of sp³-hybridized carbons (Fsp3) is 0.308. The van der Waals surface area contributed by atoms with Crippen molar-refractivity contribution in [3.63, 3.8) is 0 Å². The van der Waals surface area contributed by atoms with Gasteiger partial charge in [-0.3, -0.25) is 4.79 Å². The molecule has 0 spiro atoms. The van der Waals surface area contributed by atoms with Gasteiger partial charge in [0.1, 0.15) is 13.1 Å². The van der Waals surface area contributed by atoms with Crippen LogP contribution in [0.3, 0.4) is 0 Å². The molecule has 1 saturated heterocycles. The van der Waals surface area contributed by atoms with Gasteiger partial charge in [-0.15, -0.1) is 0 Å². The van der Waals surface area contributed by atoms with Crippen molar-refractivity contribution in [2.75, 3.05) is 26.3 Å². The van der Waals surface area contributed by atoms with Crippen molar-refractivity contribution in [2.45, 2.75) is 0 Å². The summed E-state index contributed by atoms with van der Waals surface area (Å²) in [4.78, 5) is 11.6. The zero-order valence-corrected chi connectivity index (χ0v) is 10.8. The number of carbonyl (C=O) groups is 1. The smallest absolute Gasteiger partial charge is 0.288 e. The molecule has 0 atom stereocenters. The first-order valence-corrected chi connectivity index (χ1v) is 5.81. The number of amides is 1. The molecule has 2 rings (SSSR count). The Morgan fingerprint density at radius 2 is 1.89 bits per heavy atom. The van der Waals surface area contributed by atoms with Crippen LogP contribution in [-0.4, -0.2) is 32.2 Å². The fourth-order valence-electron chi connectivity index (χ4n) is 1.69. The van der Waals surface area contributed by atoms with Crippen molar-refractivity contribution in [3.8, 4) is 0 Å². The van der Waals surface area contributed by atoms with E-state index in [1.165, 1.54) is 0 Å². The highest BCUT2D eigenvalue weighted by molar-refractivity contribution is 5.90. The van der Waals surface area contributed by atoms with E-state index in [-0.39, 0.29) is 18.3 Å². The molecule has 0 aromatic heterocycles. The Hall–Kier alpha value is -1.36. The van der Waals surface area contributed by atoms with Crippen molar-refractivity contribution in [1.29, 1.82) is 0 Å². The van der Waals surface area contributed by atoms with Crippen LogP contribution >= 0.6 is 0 Å². The van der Waals surface area contributed by atoms with Crippen molar-refractivity contribution >= 4 is 12.0 Å². The van der Waals surface area contributed by atoms with E-state index in [1.54, 1.807) is 6.08 Å². The molecule has 1 aromatic carbocycles. The average molecular weight is 269 g/mol. The number of carbonyl (C=O) groups excluding carboxylic acids is 1. The molecule has 2 N–H and O–H groups in total. The highest BCUT2D eigenvalue weighted by atomic mass is 35.5. The number of morpholine rings is 1. The second-order valence-corrected chi connectivity index (χ2v) is 3.95. The van der Waals surface area contributed by atoms with Crippen LogP contribution in [0, 0.1) is 0 Å². The zero-order valence-electron chi connectivity index (χ0n) is 10.1. The Labute approximate surface area is 113 Å². The Kier molecular flexibility index (Phi) is 6.43. The van der Waals surface area contributed by atoms with Crippen LogP contribution in [0.1, 0.15) is 5.56 Å². The van der Waals surface area contributed by atoms with Crippen LogP contribution in [0.2, 0.25) is 0 Å². The molecule has 0 saturated carbocycles. The van der Waals surface area contributed by atoms with Gasteiger partial charge < -0.3 is 17.1 Å². The molecule has 1 fully saturated rings. The Morgan fingerprint density at radius 3 is 2.56 bits per heavy atom. The monoisotopic (exact) mass is 268 g/mol. The van der Waals surface area contributed by atoms with Crippen LogP contribution in [0.4, 0.5) is 0 Å². The lowest BCUT2D eigenvalue weighted by atomic mass is 10.2. The maximum absolute atomic E-state index is 11.6. The molecule has 5 heteroatoms. The van der Waals surface area contributed by atoms with E-state index in [9.17, 15) is 4.79 Å². The van der Waals surface area contributed by atoms with Gasteiger partial charge >= 0.3 is 0 Å². The van der Waals surface area contributed by atoms with Crippen LogP contribution in [0.15, 0.2) is 36.4 Å². The first-order valence-electron chi connectivity index (χ1n) is 5.81. The molecule has 0 unspecified atom stereocenters. The number of nitrogens with one attached hydrogen (secondary N) is 2. The lowest BCUT2D eigenvalue weighted by Gasteiger charge is -2.22. The summed E-state index contributed by atoms with van der Waals surface area (Å²) in [6.45, 7) is 3.06. The number of rotatable bonds is 3. The number of quaternary nitrogens is 1. The Morgan fingerprint density at radius 1 is 1.22 bits per heavy atom. The number of ether oxygens (including phenoxy) is 1. The van der Waals surface area contributed by atoms with E-state index in [1.807, 2.05) is 36.4 Å². The molecule has 1 heterocycles. The van der Waals surface area contributed by atoms with Crippen molar-refractivity contribution in [3.05, 3.63) is 42.0 Å². The minimum absolute atomic E-state index is 0. The lowest BCUT2D eigenvalue weighted by Crippen LogP contribution is -3.20. The van der Waals surface area contributed by atoms with Crippen molar-refractivity contribution in [2.24, 2.45) is 0 Å². The fourth-order valence-corrected chi connectivity index (χ4v) is 1.69. The molecular weight excluding hydrogens is 252 g/mol. The van der Waals surface area contributed by atoms with Gasteiger partial charge in [-0.05, 0) is 11.6 Å². The van der Waals surface area contributed by atoms with Crippen LogP contribution in [0.5, 0.6) is 0 Å². The molecule has 1 aliphatic heterocycles. The van der Waals surface area contributed by atoms with Gasteiger partial charge in [0.2, 0.25) is 0 Å². The summed E-state index contributed by atoms with van der Waals surface area (Å²) in [5.74, 6) is -0.0641. The molecule has 1 aliphatic rings. The van der Waals surface area contributed by atoms with Crippen molar-refractivity contribution < 1.29 is 26.9 Å². The van der Waals surface area contributed by atoms with Gasteiger partial charge in [-0.1, -0.05) is 30.3 Å². The average Bonchev–Trinajstić information content (AvgIpc) is 2.39. The number of benzene rings is 1. The normalized spacial score (nSPS) is 16.2. The van der Waals surface area contributed by atoms with E-state index >= 15 is 0 Å². The molecule has 1 amide bonds. The quantitative estimate of drug-likeness (QED) is 0.563. The topological polar surface area (TPSA) is 42.8 Å². The molecular formula is C13H17ClN2O2. The van der Waals surface area contributed by atoms with E-state index in [4.69, 9.17) is 4.74 Å². The molecule has 98 valence electrons. The van der Waals surface area contributed by atoms with Gasteiger partial charge in [0, 0.05) is 6.08 Å². The van der Waals surface area contributed by atoms with Gasteiger partial charge in [0.25, 0.3) is 5.91 Å². The summed E-state index contributed by atoms with van der Waals surface area (Å²) in [6, 6.07) is 9.78. The summed E-state index contributed by atoms with van der Waals surface area (Å²) in [7, 11) is 0. The second kappa shape index (κ2) is 7.87. The summed E-state index contributed by atoms with van der Waals surface area (Å²) < 4.78 is 5.22. The third kappa shape index (κ3) is 4.87. The van der Waals surface area contributed by atoms with Gasteiger partial charge in [-0.2, -0.15) is 5.43 Å². The Bertz CT molecular complexity index is 389. The number of halogens is 1. The predicted octanol–water partition coefficient (Wildman–Crippen LogP) is -3.35. The van der Waals surface area contributed by atoms with Crippen LogP contribution < -0.4 is 22.8 Å². The Balaban J connectivity index is 0.00000162. The van der Waals surface area contributed by atoms with Gasteiger partial charge in [-0.25, -0.2) is 5.01 Å². The van der Waals surface area contributed by atoms with E-state index in [0.29, 0.717) is 13.2 Å². The summed E-state index contributed by atoms with van der Waals surface area (Å²) in [6.07, 6.45) is 3.38. The summed E-state index contributed by atoms with van der Waals surface area (Å²) in [5.41, 5.74) is 3.93. The SMILES string of the molecule is O=C(C=Cc1ccccc1)N[NH+]1CCOCC1.[Cl-]. The standard InChI is InChI=1S/C13H16N2O2.ClH/c16-13(14-15-8-10-17-11-9-15)7-6-12-4-2-1-3-5-12;/h1-7H,8-11H2,(H,14,16);1H. The molecule has 0 radical (unpaired) electrons. The summed E-state index contributed by atoms with van der Waals surface area (Å²) >= 11 is 0. The number of hydrogen-bond acceptors (Lipinski definition) is 2.